The van der Waals surface area contributed by atoms with E-state index in [9.17, 15) is 4.79 Å². The van der Waals surface area contributed by atoms with Crippen LogP contribution < -0.4 is 19.5 Å². The first-order valence-electron chi connectivity index (χ1n) is 8.38. The van der Waals surface area contributed by atoms with Crippen molar-refractivity contribution in [2.45, 2.75) is 0 Å². The van der Waals surface area contributed by atoms with Crippen molar-refractivity contribution in [3.05, 3.63) is 60.8 Å². The number of rotatable bonds is 7. The van der Waals surface area contributed by atoms with Crippen molar-refractivity contribution in [1.29, 1.82) is 0 Å². The fourth-order valence-electron chi connectivity index (χ4n) is 2.56. The summed E-state index contributed by atoms with van der Waals surface area (Å²) in [5, 5.41) is 2.76. The smallest absolute Gasteiger partial charge is 0.248 e. The summed E-state index contributed by atoms with van der Waals surface area (Å²) in [6.45, 7) is 0. The highest BCUT2D eigenvalue weighted by Gasteiger charge is 2.12. The number of amides is 1. The molecule has 1 N–H and O–H groups in total. The molecule has 0 aliphatic rings. The number of nitrogens with one attached hydrogen (secondary N) is 1. The molecule has 2 aromatic heterocycles. The van der Waals surface area contributed by atoms with Crippen molar-refractivity contribution in [2.24, 2.45) is 0 Å². The molecule has 0 bridgehead atoms. The van der Waals surface area contributed by atoms with Crippen LogP contribution in [0.15, 0.2) is 55.3 Å². The van der Waals surface area contributed by atoms with E-state index in [1.165, 1.54) is 27.4 Å². The Morgan fingerprint density at radius 3 is 2.39 bits per heavy atom. The highest BCUT2D eigenvalue weighted by atomic mass is 16.5. The minimum Gasteiger partial charge on any atom is -0.493 e. The summed E-state index contributed by atoms with van der Waals surface area (Å²) in [7, 11) is 4.62. The molecule has 28 heavy (non-hydrogen) atoms. The largest absolute Gasteiger partial charge is 0.493 e. The first-order valence-corrected chi connectivity index (χ1v) is 8.38. The Hall–Kier alpha value is -3.81. The van der Waals surface area contributed by atoms with Gasteiger partial charge in [-0.3, -0.25) is 9.36 Å². The Balaban J connectivity index is 1.70. The lowest BCUT2D eigenvalue weighted by Crippen LogP contribution is -2.08. The van der Waals surface area contributed by atoms with Crippen LogP contribution in [-0.2, 0) is 4.79 Å². The molecule has 0 fully saturated rings. The van der Waals surface area contributed by atoms with Crippen molar-refractivity contribution < 1.29 is 19.0 Å². The Labute approximate surface area is 162 Å². The minimum atomic E-state index is -0.286. The van der Waals surface area contributed by atoms with Gasteiger partial charge in [0.15, 0.2) is 11.5 Å². The van der Waals surface area contributed by atoms with Crippen LogP contribution in [0.4, 0.5) is 5.69 Å². The van der Waals surface area contributed by atoms with Gasteiger partial charge in [-0.2, -0.15) is 0 Å². The van der Waals surface area contributed by atoms with Gasteiger partial charge >= 0.3 is 0 Å². The molecule has 8 nitrogen and oxygen atoms in total. The second-order valence-electron chi connectivity index (χ2n) is 5.66. The summed E-state index contributed by atoms with van der Waals surface area (Å²) >= 11 is 0. The molecule has 3 rings (SSSR count). The molecule has 1 amide bonds. The van der Waals surface area contributed by atoms with Crippen molar-refractivity contribution in [3.8, 4) is 23.1 Å². The number of carbonyl (C=O) groups is 1. The quantitative estimate of drug-likeness (QED) is 0.634. The molecule has 0 radical (unpaired) electrons. The predicted octanol–water partition coefficient (Wildman–Crippen LogP) is 2.95. The number of carbonyl (C=O) groups excluding carboxylic acids is 1. The highest BCUT2D eigenvalue weighted by Crippen LogP contribution is 2.38. The number of nitrogens with zero attached hydrogens (tertiary/aromatic N) is 3. The molecule has 0 saturated carbocycles. The van der Waals surface area contributed by atoms with Crippen LogP contribution in [0.2, 0.25) is 0 Å². The van der Waals surface area contributed by atoms with E-state index in [1.54, 1.807) is 59.8 Å². The molecule has 0 unspecified atom stereocenters. The zero-order chi connectivity index (χ0) is 19.9. The van der Waals surface area contributed by atoms with E-state index in [-0.39, 0.29) is 5.91 Å². The maximum absolute atomic E-state index is 12.2. The van der Waals surface area contributed by atoms with Gasteiger partial charge in [-0.05, 0) is 35.9 Å². The van der Waals surface area contributed by atoms with Crippen LogP contribution in [0, 0.1) is 0 Å². The first-order chi connectivity index (χ1) is 13.6. The van der Waals surface area contributed by atoms with Crippen LogP contribution >= 0.6 is 0 Å². The fraction of sp³-hybridized carbons (Fsp3) is 0.150. The summed E-state index contributed by atoms with van der Waals surface area (Å²) in [5.41, 5.74) is 1.32. The van der Waals surface area contributed by atoms with Crippen molar-refractivity contribution >= 4 is 17.7 Å². The topological polar surface area (TPSA) is 87.5 Å². The van der Waals surface area contributed by atoms with Gasteiger partial charge in [0.05, 0.1) is 33.2 Å². The lowest BCUT2D eigenvalue weighted by molar-refractivity contribution is -0.111. The molecule has 3 aromatic rings. The third-order valence-corrected chi connectivity index (χ3v) is 3.90. The summed E-state index contributed by atoms with van der Waals surface area (Å²) in [6.07, 6.45) is 9.78. The van der Waals surface area contributed by atoms with Gasteiger partial charge in [0.25, 0.3) is 0 Å². The molecule has 2 heterocycles. The average molecular weight is 380 g/mol. The number of imidazole rings is 1. The molecular formula is C20H20N4O4. The molecule has 0 aliphatic heterocycles. The summed E-state index contributed by atoms with van der Waals surface area (Å²) < 4.78 is 17.7. The SMILES string of the molecule is COc1cc(/C=C/C(=O)Nc2ccc(-n3ccnc3)nc2)cc(OC)c1OC. The fourth-order valence-corrected chi connectivity index (χ4v) is 2.56. The van der Waals surface area contributed by atoms with E-state index in [4.69, 9.17) is 14.2 Å². The number of benzene rings is 1. The second kappa shape index (κ2) is 8.72. The molecule has 0 spiro atoms. The summed E-state index contributed by atoms with van der Waals surface area (Å²) in [4.78, 5) is 20.5. The first kappa shape index (κ1) is 19.0. The van der Waals surface area contributed by atoms with E-state index < -0.39 is 0 Å². The standard InChI is InChI=1S/C20H20N4O4/c1-26-16-10-14(11-17(27-2)20(16)28-3)4-7-19(25)23-15-5-6-18(22-12-15)24-9-8-21-13-24/h4-13H,1-3H3,(H,23,25)/b7-4+. The lowest BCUT2D eigenvalue weighted by Gasteiger charge is -2.12. The molecule has 1 aromatic carbocycles. The van der Waals surface area contributed by atoms with E-state index in [1.807, 2.05) is 0 Å². The Kier molecular flexibility index (Phi) is 5.91. The Morgan fingerprint density at radius 1 is 1.11 bits per heavy atom. The van der Waals surface area contributed by atoms with Crippen LogP contribution in [0.3, 0.4) is 0 Å². The van der Waals surface area contributed by atoms with Crippen molar-refractivity contribution in [1.82, 2.24) is 14.5 Å². The average Bonchev–Trinajstić information content (AvgIpc) is 3.26. The van der Waals surface area contributed by atoms with Crippen LogP contribution in [0.25, 0.3) is 11.9 Å². The number of methoxy groups -OCH3 is 3. The molecular weight excluding hydrogens is 360 g/mol. The number of ether oxygens (including phenoxy) is 3. The van der Waals surface area contributed by atoms with Crippen LogP contribution in [0.5, 0.6) is 17.2 Å². The molecule has 8 heteroatoms. The van der Waals surface area contributed by atoms with Gasteiger partial charge in [0, 0.05) is 18.5 Å². The number of anilines is 1. The normalized spacial score (nSPS) is 10.7. The van der Waals surface area contributed by atoms with Crippen LogP contribution in [0.1, 0.15) is 5.56 Å². The molecule has 144 valence electrons. The van der Waals surface area contributed by atoms with E-state index in [2.05, 4.69) is 15.3 Å². The third-order valence-electron chi connectivity index (χ3n) is 3.90. The maximum Gasteiger partial charge on any atom is 0.248 e. The van der Waals surface area contributed by atoms with Gasteiger partial charge in [0.1, 0.15) is 12.1 Å². The zero-order valence-corrected chi connectivity index (χ0v) is 15.7. The third kappa shape index (κ3) is 4.29. The number of pyridine rings is 1. The van der Waals surface area contributed by atoms with Crippen LogP contribution in [-0.4, -0.2) is 41.8 Å². The lowest BCUT2D eigenvalue weighted by atomic mass is 10.1. The summed E-state index contributed by atoms with van der Waals surface area (Å²) in [5.74, 6) is 1.95. The zero-order valence-electron chi connectivity index (χ0n) is 15.7. The predicted molar refractivity (Wildman–Crippen MR) is 105 cm³/mol. The monoisotopic (exact) mass is 380 g/mol. The van der Waals surface area contributed by atoms with Gasteiger partial charge in [-0.25, -0.2) is 9.97 Å². The van der Waals surface area contributed by atoms with E-state index in [0.717, 1.165) is 5.56 Å². The van der Waals surface area contributed by atoms with Gasteiger partial charge in [-0.15, -0.1) is 0 Å². The number of hydrogen-bond acceptors (Lipinski definition) is 6. The molecule has 0 saturated heterocycles. The molecule has 0 atom stereocenters. The second-order valence-corrected chi connectivity index (χ2v) is 5.66. The van der Waals surface area contributed by atoms with Crippen molar-refractivity contribution in [3.63, 3.8) is 0 Å². The van der Waals surface area contributed by atoms with Crippen molar-refractivity contribution in [2.75, 3.05) is 26.6 Å². The van der Waals surface area contributed by atoms with Gasteiger partial charge in [0.2, 0.25) is 11.7 Å². The van der Waals surface area contributed by atoms with E-state index >= 15 is 0 Å². The highest BCUT2D eigenvalue weighted by molar-refractivity contribution is 6.01. The number of hydrogen-bond donors (Lipinski definition) is 1. The number of aromatic nitrogens is 3. The van der Waals surface area contributed by atoms with Gasteiger partial charge < -0.3 is 19.5 Å². The molecule has 0 aliphatic carbocycles. The van der Waals surface area contributed by atoms with Gasteiger partial charge in [-0.1, -0.05) is 0 Å². The Morgan fingerprint density at radius 2 is 1.86 bits per heavy atom. The Bertz CT molecular complexity index is 941. The maximum atomic E-state index is 12.2. The van der Waals surface area contributed by atoms with E-state index in [0.29, 0.717) is 28.8 Å². The summed E-state index contributed by atoms with van der Waals surface area (Å²) in [6, 6.07) is 7.08. The minimum absolute atomic E-state index is 0.286.